The van der Waals surface area contributed by atoms with Crippen molar-refractivity contribution in [3.8, 4) is 0 Å². The molecule has 1 heterocycles. The average Bonchev–Trinajstić information content (AvgIpc) is 2.42. The number of nitrogens with two attached hydrogens (primary N) is 1. The van der Waals surface area contributed by atoms with Gasteiger partial charge in [-0.15, -0.1) is 0 Å². The molecule has 0 aliphatic carbocycles. The van der Waals surface area contributed by atoms with Gasteiger partial charge in [-0.1, -0.05) is 22.0 Å². The highest BCUT2D eigenvalue weighted by molar-refractivity contribution is 9.10. The Morgan fingerprint density at radius 3 is 2.48 bits per heavy atom. The zero-order valence-electron chi connectivity index (χ0n) is 11.3. The number of nitrogens with zero attached hydrogens (tertiary/aromatic N) is 1. The molecule has 1 saturated heterocycles. The molecule has 1 aliphatic rings. The van der Waals surface area contributed by atoms with Crippen molar-refractivity contribution in [2.45, 2.75) is 18.9 Å². The molecule has 0 saturated carbocycles. The van der Waals surface area contributed by atoms with E-state index in [9.17, 15) is 14.0 Å². The predicted octanol–water partition coefficient (Wildman–Crippen LogP) is 1.91. The monoisotopic (exact) mass is 358 g/mol. The van der Waals surface area contributed by atoms with Crippen molar-refractivity contribution in [1.29, 1.82) is 0 Å². The molecule has 2 rings (SSSR count). The Balaban J connectivity index is 2.21. The molecule has 0 radical (unpaired) electrons. The number of rotatable bonds is 4. The molecule has 0 aromatic heterocycles. The van der Waals surface area contributed by atoms with Crippen molar-refractivity contribution in [1.82, 2.24) is 4.90 Å². The Morgan fingerprint density at radius 2 is 2.00 bits per heavy atom. The van der Waals surface area contributed by atoms with Crippen molar-refractivity contribution in [3.05, 3.63) is 34.1 Å². The fourth-order valence-electron chi connectivity index (χ4n) is 2.66. The van der Waals surface area contributed by atoms with Gasteiger partial charge in [-0.25, -0.2) is 4.39 Å². The quantitative estimate of drug-likeness (QED) is 0.860. The van der Waals surface area contributed by atoms with Crippen LogP contribution in [0.25, 0.3) is 0 Å². The molecule has 114 valence electrons. The first-order valence-corrected chi connectivity index (χ1v) is 7.40. The SMILES string of the molecule is NC(=O)C(c1ccc(Br)cc1F)N1CCC(C(=O)O)CC1. The Labute approximate surface area is 130 Å². The van der Waals surface area contributed by atoms with Crippen LogP contribution in [0.2, 0.25) is 0 Å². The molecule has 1 unspecified atom stereocenters. The summed E-state index contributed by atoms with van der Waals surface area (Å²) in [6, 6.07) is 3.60. The average molecular weight is 359 g/mol. The number of carboxylic acids is 1. The molecule has 1 atom stereocenters. The molecule has 3 N–H and O–H groups in total. The summed E-state index contributed by atoms with van der Waals surface area (Å²) in [7, 11) is 0. The van der Waals surface area contributed by atoms with Gasteiger partial charge in [0.25, 0.3) is 0 Å². The lowest BCUT2D eigenvalue weighted by Gasteiger charge is -2.35. The summed E-state index contributed by atoms with van der Waals surface area (Å²) in [6.07, 6.45) is 0.856. The van der Waals surface area contributed by atoms with Crippen LogP contribution < -0.4 is 5.73 Å². The second-order valence-corrected chi connectivity index (χ2v) is 6.03. The molecular weight excluding hydrogens is 343 g/mol. The summed E-state index contributed by atoms with van der Waals surface area (Å²) in [5.74, 6) is -2.39. The van der Waals surface area contributed by atoms with E-state index in [0.29, 0.717) is 30.4 Å². The lowest BCUT2D eigenvalue weighted by atomic mass is 9.94. The largest absolute Gasteiger partial charge is 0.481 e. The Hall–Kier alpha value is -1.47. The Kier molecular flexibility index (Phi) is 4.95. The highest BCUT2D eigenvalue weighted by Crippen LogP contribution is 2.29. The number of likely N-dealkylation sites (tertiary alicyclic amines) is 1. The van der Waals surface area contributed by atoms with E-state index in [4.69, 9.17) is 10.8 Å². The van der Waals surface area contributed by atoms with E-state index in [2.05, 4.69) is 15.9 Å². The smallest absolute Gasteiger partial charge is 0.306 e. The van der Waals surface area contributed by atoms with Crippen molar-refractivity contribution in [2.75, 3.05) is 13.1 Å². The number of hydrogen-bond acceptors (Lipinski definition) is 3. The fourth-order valence-corrected chi connectivity index (χ4v) is 2.99. The van der Waals surface area contributed by atoms with Gasteiger partial charge in [-0.05, 0) is 25.0 Å². The van der Waals surface area contributed by atoms with Gasteiger partial charge in [0, 0.05) is 23.1 Å². The molecule has 0 bridgehead atoms. The maximum Gasteiger partial charge on any atom is 0.306 e. The number of benzene rings is 1. The van der Waals surface area contributed by atoms with Crippen molar-refractivity contribution in [2.24, 2.45) is 11.7 Å². The number of piperidine rings is 1. The summed E-state index contributed by atoms with van der Waals surface area (Å²) in [5, 5.41) is 8.99. The molecule has 7 heteroatoms. The van der Waals surface area contributed by atoms with Crippen LogP contribution >= 0.6 is 15.9 Å². The van der Waals surface area contributed by atoms with Crippen LogP contribution in [-0.2, 0) is 9.59 Å². The third kappa shape index (κ3) is 3.59. The lowest BCUT2D eigenvalue weighted by molar-refractivity contribution is -0.143. The maximum atomic E-state index is 14.1. The molecule has 1 aliphatic heterocycles. The van der Waals surface area contributed by atoms with Gasteiger partial charge in [-0.2, -0.15) is 0 Å². The summed E-state index contributed by atoms with van der Waals surface area (Å²) in [4.78, 5) is 24.4. The molecule has 21 heavy (non-hydrogen) atoms. The highest BCUT2D eigenvalue weighted by Gasteiger charge is 2.33. The van der Waals surface area contributed by atoms with Crippen LogP contribution in [0, 0.1) is 11.7 Å². The normalized spacial score (nSPS) is 18.4. The summed E-state index contributed by atoms with van der Waals surface area (Å²) in [6.45, 7) is 0.806. The van der Waals surface area contributed by atoms with E-state index in [1.807, 2.05) is 0 Å². The molecule has 5 nitrogen and oxygen atoms in total. The van der Waals surface area contributed by atoms with Gasteiger partial charge in [0.1, 0.15) is 11.9 Å². The van der Waals surface area contributed by atoms with Crippen LogP contribution in [0.5, 0.6) is 0 Å². The van der Waals surface area contributed by atoms with Crippen LogP contribution in [0.4, 0.5) is 4.39 Å². The predicted molar refractivity (Wildman–Crippen MR) is 78.0 cm³/mol. The third-order valence-corrected chi connectivity index (χ3v) is 4.26. The number of primary amides is 1. The molecule has 1 aromatic carbocycles. The van der Waals surface area contributed by atoms with Crippen molar-refractivity contribution < 1.29 is 19.1 Å². The highest BCUT2D eigenvalue weighted by atomic mass is 79.9. The number of hydrogen-bond donors (Lipinski definition) is 2. The van der Waals surface area contributed by atoms with E-state index >= 15 is 0 Å². The van der Waals surface area contributed by atoms with E-state index in [-0.39, 0.29) is 5.56 Å². The zero-order valence-corrected chi connectivity index (χ0v) is 12.8. The van der Waals surface area contributed by atoms with Gasteiger partial charge in [-0.3, -0.25) is 14.5 Å². The molecule has 1 fully saturated rings. The molecule has 1 aromatic rings. The first-order chi connectivity index (χ1) is 9.90. The van der Waals surface area contributed by atoms with Crippen LogP contribution in [0.1, 0.15) is 24.4 Å². The van der Waals surface area contributed by atoms with E-state index < -0.39 is 29.7 Å². The van der Waals surface area contributed by atoms with Crippen molar-refractivity contribution >= 4 is 27.8 Å². The van der Waals surface area contributed by atoms with Crippen molar-refractivity contribution in [3.63, 3.8) is 0 Å². The minimum Gasteiger partial charge on any atom is -0.481 e. The van der Waals surface area contributed by atoms with E-state index in [1.165, 1.54) is 12.1 Å². The number of aliphatic carboxylic acids is 1. The fraction of sp³-hybridized carbons (Fsp3) is 0.429. The Bertz CT molecular complexity index is 559. The second kappa shape index (κ2) is 6.53. The first kappa shape index (κ1) is 15.9. The number of carbonyl (C=O) groups excluding carboxylic acids is 1. The van der Waals surface area contributed by atoms with Gasteiger partial charge in [0.05, 0.1) is 5.92 Å². The van der Waals surface area contributed by atoms with Crippen LogP contribution in [-0.4, -0.2) is 35.0 Å². The number of amides is 1. The minimum absolute atomic E-state index is 0.222. The molecular formula is C14H16BrFN2O3. The van der Waals surface area contributed by atoms with Gasteiger partial charge in [0.15, 0.2) is 0 Å². The van der Waals surface area contributed by atoms with Gasteiger partial charge < -0.3 is 10.8 Å². The second-order valence-electron chi connectivity index (χ2n) is 5.12. The summed E-state index contributed by atoms with van der Waals surface area (Å²) in [5.41, 5.74) is 5.65. The first-order valence-electron chi connectivity index (χ1n) is 6.61. The summed E-state index contributed by atoms with van der Waals surface area (Å²) >= 11 is 3.17. The standard InChI is InChI=1S/C14H16BrFN2O3/c15-9-1-2-10(11(16)7-9)12(13(17)19)18-5-3-8(4-6-18)14(20)21/h1-2,7-8,12H,3-6H2,(H2,17,19)(H,20,21). The number of carbonyl (C=O) groups is 2. The lowest BCUT2D eigenvalue weighted by Crippen LogP contribution is -2.44. The number of carboxylic acid groups (broad SMARTS) is 1. The molecule has 1 amide bonds. The zero-order chi connectivity index (χ0) is 15.6. The topological polar surface area (TPSA) is 83.6 Å². The third-order valence-electron chi connectivity index (χ3n) is 3.77. The van der Waals surface area contributed by atoms with E-state index in [1.54, 1.807) is 11.0 Å². The summed E-state index contributed by atoms with van der Waals surface area (Å²) < 4.78 is 14.6. The minimum atomic E-state index is -0.868. The van der Waals surface area contributed by atoms with Crippen LogP contribution in [0.15, 0.2) is 22.7 Å². The Morgan fingerprint density at radius 1 is 1.38 bits per heavy atom. The van der Waals surface area contributed by atoms with Crippen LogP contribution in [0.3, 0.4) is 0 Å². The maximum absolute atomic E-state index is 14.1. The number of halogens is 2. The van der Waals surface area contributed by atoms with Gasteiger partial charge >= 0.3 is 5.97 Å². The van der Waals surface area contributed by atoms with E-state index in [0.717, 1.165) is 0 Å². The molecule has 0 spiro atoms. The van der Waals surface area contributed by atoms with Gasteiger partial charge in [0.2, 0.25) is 5.91 Å².